The second-order valence-electron chi connectivity index (χ2n) is 3.97. The molecule has 8 nitrogen and oxygen atoms in total. The molecule has 0 saturated carbocycles. The molecule has 9 heteroatoms. The SMILES string of the molecule is CCOc1ccccc1NS(=O)(=O)c1c[nH]c(=O)[nH]c1=O. The number of sulfonamides is 1. The molecule has 0 aliphatic heterocycles. The highest BCUT2D eigenvalue weighted by Crippen LogP contribution is 2.25. The first-order valence-electron chi connectivity index (χ1n) is 6.00. The topological polar surface area (TPSA) is 121 Å². The van der Waals surface area contributed by atoms with Crippen molar-refractivity contribution in [2.75, 3.05) is 11.3 Å². The van der Waals surface area contributed by atoms with Gasteiger partial charge in [0.25, 0.3) is 15.6 Å². The van der Waals surface area contributed by atoms with E-state index in [1.165, 1.54) is 6.07 Å². The maximum absolute atomic E-state index is 12.2. The molecule has 1 aromatic carbocycles. The summed E-state index contributed by atoms with van der Waals surface area (Å²) in [6.07, 6.45) is 0.840. The van der Waals surface area contributed by atoms with Crippen LogP contribution in [-0.2, 0) is 10.0 Å². The van der Waals surface area contributed by atoms with E-state index in [9.17, 15) is 18.0 Å². The first-order chi connectivity index (χ1) is 9.94. The maximum atomic E-state index is 12.2. The number of para-hydroxylation sites is 2. The summed E-state index contributed by atoms with van der Waals surface area (Å²) < 4.78 is 31.9. The third-order valence-corrected chi connectivity index (χ3v) is 3.88. The fraction of sp³-hybridized carbons (Fsp3) is 0.167. The van der Waals surface area contributed by atoms with Gasteiger partial charge in [0.05, 0.1) is 12.3 Å². The van der Waals surface area contributed by atoms with E-state index in [1.807, 2.05) is 4.98 Å². The van der Waals surface area contributed by atoms with Gasteiger partial charge in [-0.25, -0.2) is 13.2 Å². The van der Waals surface area contributed by atoms with E-state index >= 15 is 0 Å². The molecule has 0 spiro atoms. The Morgan fingerprint density at radius 1 is 1.24 bits per heavy atom. The minimum atomic E-state index is -4.15. The first-order valence-corrected chi connectivity index (χ1v) is 7.49. The fourth-order valence-electron chi connectivity index (χ4n) is 1.63. The van der Waals surface area contributed by atoms with Crippen LogP contribution in [0.1, 0.15) is 6.92 Å². The molecule has 3 N–H and O–H groups in total. The lowest BCUT2D eigenvalue weighted by Gasteiger charge is -2.12. The Morgan fingerprint density at radius 2 is 1.95 bits per heavy atom. The summed E-state index contributed by atoms with van der Waals surface area (Å²) in [5, 5.41) is 0. The molecule has 0 unspecified atom stereocenters. The minimum absolute atomic E-state index is 0.199. The summed E-state index contributed by atoms with van der Waals surface area (Å²) in [5.41, 5.74) is -1.58. The van der Waals surface area contributed by atoms with E-state index in [0.717, 1.165) is 6.20 Å². The van der Waals surface area contributed by atoms with E-state index in [1.54, 1.807) is 25.1 Å². The second-order valence-corrected chi connectivity index (χ2v) is 5.62. The smallest absolute Gasteiger partial charge is 0.325 e. The van der Waals surface area contributed by atoms with Gasteiger partial charge in [-0.2, -0.15) is 0 Å². The van der Waals surface area contributed by atoms with Crippen LogP contribution in [0.5, 0.6) is 5.75 Å². The van der Waals surface area contributed by atoms with Gasteiger partial charge in [-0.15, -0.1) is 0 Å². The van der Waals surface area contributed by atoms with Crippen LogP contribution in [0.4, 0.5) is 5.69 Å². The molecule has 1 heterocycles. The van der Waals surface area contributed by atoms with Crippen molar-refractivity contribution < 1.29 is 13.2 Å². The van der Waals surface area contributed by atoms with Gasteiger partial charge in [0.1, 0.15) is 5.75 Å². The summed E-state index contributed by atoms with van der Waals surface area (Å²) in [6, 6.07) is 6.41. The molecule has 2 rings (SSSR count). The van der Waals surface area contributed by atoms with Gasteiger partial charge in [0, 0.05) is 6.20 Å². The summed E-state index contributed by atoms with van der Waals surface area (Å²) in [5.74, 6) is 0.337. The van der Waals surface area contributed by atoms with E-state index in [-0.39, 0.29) is 5.69 Å². The average molecular weight is 311 g/mol. The lowest BCUT2D eigenvalue weighted by Crippen LogP contribution is -2.29. The highest BCUT2D eigenvalue weighted by Gasteiger charge is 2.20. The van der Waals surface area contributed by atoms with Crippen molar-refractivity contribution in [3.8, 4) is 5.75 Å². The highest BCUT2D eigenvalue weighted by molar-refractivity contribution is 7.92. The molecule has 0 fully saturated rings. The molecular weight excluding hydrogens is 298 g/mol. The van der Waals surface area contributed by atoms with Gasteiger partial charge in [-0.1, -0.05) is 12.1 Å². The molecule has 0 radical (unpaired) electrons. The second kappa shape index (κ2) is 5.83. The number of benzene rings is 1. The van der Waals surface area contributed by atoms with Crippen molar-refractivity contribution in [3.63, 3.8) is 0 Å². The molecule has 0 saturated heterocycles. The van der Waals surface area contributed by atoms with Crippen molar-refractivity contribution >= 4 is 15.7 Å². The Hall–Kier alpha value is -2.55. The summed E-state index contributed by atoms with van der Waals surface area (Å²) in [6.45, 7) is 2.12. The number of ether oxygens (including phenoxy) is 1. The maximum Gasteiger partial charge on any atom is 0.325 e. The van der Waals surface area contributed by atoms with Crippen LogP contribution in [0.2, 0.25) is 0 Å². The fourth-order valence-corrected chi connectivity index (χ4v) is 2.71. The van der Waals surface area contributed by atoms with E-state index in [2.05, 4.69) is 9.71 Å². The number of hydrogen-bond acceptors (Lipinski definition) is 5. The number of rotatable bonds is 5. The molecule has 1 aromatic heterocycles. The zero-order valence-corrected chi connectivity index (χ0v) is 11.9. The minimum Gasteiger partial charge on any atom is -0.492 e. The number of H-pyrrole nitrogens is 2. The van der Waals surface area contributed by atoms with Crippen LogP contribution in [0.15, 0.2) is 44.9 Å². The van der Waals surface area contributed by atoms with Crippen LogP contribution >= 0.6 is 0 Å². The number of aromatic nitrogens is 2. The Labute approximate surface area is 119 Å². The van der Waals surface area contributed by atoms with Gasteiger partial charge in [-0.3, -0.25) is 14.5 Å². The van der Waals surface area contributed by atoms with Crippen LogP contribution in [0.25, 0.3) is 0 Å². The van der Waals surface area contributed by atoms with Gasteiger partial charge >= 0.3 is 5.69 Å². The number of anilines is 1. The standard InChI is InChI=1S/C12H13N3O5S/c1-2-20-9-6-4-3-5-8(9)15-21(18,19)10-7-13-12(17)14-11(10)16/h3-7,15H,2H2,1H3,(H2,13,14,16,17). The molecule has 0 bridgehead atoms. The van der Waals surface area contributed by atoms with Crippen LogP contribution in [0.3, 0.4) is 0 Å². The summed E-state index contributed by atoms with van der Waals surface area (Å²) >= 11 is 0. The molecule has 0 aliphatic carbocycles. The highest BCUT2D eigenvalue weighted by atomic mass is 32.2. The molecule has 112 valence electrons. The van der Waals surface area contributed by atoms with E-state index in [0.29, 0.717) is 12.4 Å². The molecule has 0 amide bonds. The van der Waals surface area contributed by atoms with Crippen LogP contribution in [0, 0.1) is 0 Å². The third-order valence-electron chi connectivity index (χ3n) is 2.51. The van der Waals surface area contributed by atoms with Gasteiger partial charge < -0.3 is 9.72 Å². The predicted molar refractivity (Wildman–Crippen MR) is 76.1 cm³/mol. The quantitative estimate of drug-likeness (QED) is 0.731. The van der Waals surface area contributed by atoms with Gasteiger partial charge in [-0.05, 0) is 19.1 Å². The molecule has 0 aliphatic rings. The summed E-state index contributed by atoms with van der Waals surface area (Å²) in [4.78, 5) is 25.9. The first kappa shape index (κ1) is 14.9. The van der Waals surface area contributed by atoms with E-state index < -0.39 is 26.2 Å². The molecule has 21 heavy (non-hydrogen) atoms. The van der Waals surface area contributed by atoms with Crippen LogP contribution < -0.4 is 20.7 Å². The zero-order chi connectivity index (χ0) is 15.5. The van der Waals surface area contributed by atoms with Crippen molar-refractivity contribution in [3.05, 3.63) is 51.3 Å². The van der Waals surface area contributed by atoms with Crippen molar-refractivity contribution in [2.45, 2.75) is 11.8 Å². The Morgan fingerprint density at radius 3 is 2.62 bits per heavy atom. The van der Waals surface area contributed by atoms with Crippen molar-refractivity contribution in [2.24, 2.45) is 0 Å². The normalized spacial score (nSPS) is 11.1. The van der Waals surface area contributed by atoms with Gasteiger partial charge in [0.2, 0.25) is 0 Å². The Kier molecular flexibility index (Phi) is 4.13. The number of nitrogens with one attached hydrogen (secondary N) is 3. The van der Waals surface area contributed by atoms with E-state index in [4.69, 9.17) is 4.74 Å². The summed E-state index contributed by atoms with van der Waals surface area (Å²) in [7, 11) is -4.15. The third kappa shape index (κ3) is 3.31. The Balaban J connectivity index is 2.42. The lowest BCUT2D eigenvalue weighted by molar-refractivity contribution is 0.342. The molecule has 2 aromatic rings. The lowest BCUT2D eigenvalue weighted by atomic mass is 10.3. The average Bonchev–Trinajstić information content (AvgIpc) is 2.40. The molecular formula is C12H13N3O5S. The van der Waals surface area contributed by atoms with Crippen LogP contribution in [-0.4, -0.2) is 25.0 Å². The predicted octanol–water partition coefficient (Wildman–Crippen LogP) is 0.263. The number of hydrogen-bond donors (Lipinski definition) is 3. The zero-order valence-electron chi connectivity index (χ0n) is 11.0. The largest absolute Gasteiger partial charge is 0.492 e. The van der Waals surface area contributed by atoms with Gasteiger partial charge in [0.15, 0.2) is 4.90 Å². The van der Waals surface area contributed by atoms with Crippen molar-refractivity contribution in [1.29, 1.82) is 0 Å². The monoisotopic (exact) mass is 311 g/mol. The number of aromatic amines is 2. The van der Waals surface area contributed by atoms with Crippen molar-refractivity contribution in [1.82, 2.24) is 9.97 Å². The molecule has 0 atom stereocenters. The Bertz CT molecular complexity index is 853.